The monoisotopic (exact) mass is 541 g/mol. The summed E-state index contributed by atoms with van der Waals surface area (Å²) in [5.41, 5.74) is 10.2. The minimum absolute atomic E-state index is 0.305. The zero-order valence-corrected chi connectivity index (χ0v) is 24.4. The van der Waals surface area contributed by atoms with Crippen LogP contribution in [0.3, 0.4) is 0 Å². The van der Waals surface area contributed by atoms with E-state index in [9.17, 15) is 9.59 Å². The number of rotatable bonds is 5. The number of hydrogen-bond donors (Lipinski definition) is 1. The van der Waals surface area contributed by atoms with E-state index in [4.69, 9.17) is 20.2 Å². The maximum Gasteiger partial charge on any atom is 0.331 e. The molecule has 1 aliphatic heterocycles. The summed E-state index contributed by atoms with van der Waals surface area (Å²) in [7, 11) is 4.07. The van der Waals surface area contributed by atoms with Crippen LogP contribution in [0.15, 0.2) is 64.6 Å². The SMILES string of the molecule is CC(/C=C/C(C)=C/[C@@H]1Cc2nc(cs2)CCC[C@H](N)C(=O)O[C@@H](C)C/C(C)=C/C=C\C(=O)O1)=C\CN(C)C. The fourth-order valence-corrected chi connectivity index (χ4v) is 4.69. The van der Waals surface area contributed by atoms with Gasteiger partial charge < -0.3 is 20.1 Å². The van der Waals surface area contributed by atoms with Crippen molar-refractivity contribution in [3.8, 4) is 0 Å². The van der Waals surface area contributed by atoms with Crippen molar-refractivity contribution in [2.75, 3.05) is 20.6 Å². The number of carbonyl (C=O) groups excluding carboxylic acids is 2. The maximum atomic E-state index is 12.6. The fraction of sp³-hybridized carbons (Fsp3) is 0.500. The van der Waals surface area contributed by atoms with Crippen molar-refractivity contribution in [2.24, 2.45) is 5.73 Å². The molecule has 2 bridgehead atoms. The Bertz CT molecular complexity index is 1080. The van der Waals surface area contributed by atoms with Gasteiger partial charge in [0.05, 0.1) is 10.7 Å². The highest BCUT2D eigenvalue weighted by Crippen LogP contribution is 2.18. The third kappa shape index (κ3) is 12.6. The van der Waals surface area contributed by atoms with E-state index in [1.54, 1.807) is 17.4 Å². The molecule has 0 fully saturated rings. The predicted octanol–water partition coefficient (Wildman–Crippen LogP) is 5.10. The highest BCUT2D eigenvalue weighted by atomic mass is 32.1. The van der Waals surface area contributed by atoms with E-state index >= 15 is 0 Å². The second kappa shape index (κ2) is 16.2. The van der Waals surface area contributed by atoms with Crippen LogP contribution < -0.4 is 5.73 Å². The standard InChI is InChI=1S/C30H43N3O4S/c1-21(15-16-33(5)6)13-14-23(3)18-26-19-28-32-25(20-38-28)10-8-11-27(31)30(35)36-24(4)17-22(2)9-7-12-29(34)37-26/h7,9,12-15,18,20,24,26-27H,8,10-11,16-17,19,31H2,1-6H3/b12-7-,14-13+,21-15+,22-9+,23-18+/t24-,26+,27-/m0/s1. The molecule has 0 unspecified atom stereocenters. The zero-order chi connectivity index (χ0) is 28.1. The molecule has 3 atom stereocenters. The van der Waals surface area contributed by atoms with Gasteiger partial charge in [0.1, 0.15) is 18.2 Å². The highest BCUT2D eigenvalue weighted by molar-refractivity contribution is 7.09. The average molecular weight is 542 g/mol. The number of aromatic nitrogens is 1. The lowest BCUT2D eigenvalue weighted by molar-refractivity contribution is -0.150. The number of cyclic esters (lactones) is 2. The molecule has 0 aromatic carbocycles. The lowest BCUT2D eigenvalue weighted by Crippen LogP contribution is -2.34. The Kier molecular flexibility index (Phi) is 13.4. The van der Waals surface area contributed by atoms with Gasteiger partial charge in [0.15, 0.2) is 0 Å². The summed E-state index contributed by atoms with van der Waals surface area (Å²) in [4.78, 5) is 31.8. The van der Waals surface area contributed by atoms with Crippen LogP contribution in [0.4, 0.5) is 0 Å². The molecule has 0 aliphatic carbocycles. The van der Waals surface area contributed by atoms with Crippen molar-refractivity contribution < 1.29 is 19.1 Å². The molecule has 0 amide bonds. The first-order valence-corrected chi connectivity index (χ1v) is 14.0. The fourth-order valence-electron chi connectivity index (χ4n) is 3.82. The van der Waals surface area contributed by atoms with Crippen LogP contribution in [0.1, 0.15) is 57.7 Å². The van der Waals surface area contributed by atoms with E-state index in [1.807, 2.05) is 58.5 Å². The zero-order valence-electron chi connectivity index (χ0n) is 23.6. The van der Waals surface area contributed by atoms with Gasteiger partial charge in [-0.15, -0.1) is 11.3 Å². The van der Waals surface area contributed by atoms with E-state index in [2.05, 4.69) is 24.0 Å². The van der Waals surface area contributed by atoms with Crippen molar-refractivity contribution >= 4 is 23.3 Å². The van der Waals surface area contributed by atoms with Crippen molar-refractivity contribution in [2.45, 2.75) is 78.0 Å². The quantitative estimate of drug-likeness (QED) is 0.410. The molecule has 0 saturated heterocycles. The molecule has 0 radical (unpaired) electrons. The first-order valence-electron chi connectivity index (χ1n) is 13.1. The number of aryl methyl sites for hydroxylation is 1. The minimum Gasteiger partial charge on any atom is -0.461 e. The third-order valence-corrected chi connectivity index (χ3v) is 6.79. The summed E-state index contributed by atoms with van der Waals surface area (Å²) in [6.07, 6.45) is 15.4. The number of allylic oxidation sites excluding steroid dienone is 6. The number of esters is 2. The van der Waals surface area contributed by atoms with Crippen LogP contribution in [-0.2, 0) is 31.9 Å². The maximum absolute atomic E-state index is 12.6. The van der Waals surface area contributed by atoms with E-state index in [0.29, 0.717) is 19.3 Å². The summed E-state index contributed by atoms with van der Waals surface area (Å²) in [6.45, 7) is 8.71. The third-order valence-electron chi connectivity index (χ3n) is 5.87. The molecule has 0 saturated carbocycles. The summed E-state index contributed by atoms with van der Waals surface area (Å²) >= 11 is 1.55. The molecule has 1 aromatic rings. The second-order valence-corrected chi connectivity index (χ2v) is 11.1. The molecule has 208 valence electrons. The van der Waals surface area contributed by atoms with Gasteiger partial charge in [0.25, 0.3) is 0 Å². The van der Waals surface area contributed by atoms with Gasteiger partial charge in [-0.2, -0.15) is 0 Å². The van der Waals surface area contributed by atoms with E-state index < -0.39 is 18.1 Å². The summed E-state index contributed by atoms with van der Waals surface area (Å²) in [5, 5.41) is 2.91. The van der Waals surface area contributed by atoms with Crippen LogP contribution in [0.2, 0.25) is 0 Å². The van der Waals surface area contributed by atoms with Crippen molar-refractivity contribution in [3.63, 3.8) is 0 Å². The summed E-state index contributed by atoms with van der Waals surface area (Å²) in [5.74, 6) is -0.807. The number of hydrogen-bond acceptors (Lipinski definition) is 8. The number of fused-ring (bicyclic) bond motifs is 2. The smallest absolute Gasteiger partial charge is 0.331 e. The van der Waals surface area contributed by atoms with Crippen LogP contribution in [0.25, 0.3) is 0 Å². The molecule has 8 heteroatoms. The number of ether oxygens (including phenoxy) is 2. The Labute approximate surface area is 231 Å². The number of carbonyl (C=O) groups is 2. The number of thiazole rings is 1. The van der Waals surface area contributed by atoms with Gasteiger partial charge >= 0.3 is 11.9 Å². The topological polar surface area (TPSA) is 94.8 Å². The number of nitrogens with zero attached hydrogens (tertiary/aromatic N) is 2. The lowest BCUT2D eigenvalue weighted by atomic mass is 10.1. The molecule has 2 rings (SSSR count). The average Bonchev–Trinajstić information content (AvgIpc) is 3.27. The first kappa shape index (κ1) is 31.4. The van der Waals surface area contributed by atoms with Crippen LogP contribution in [0, 0.1) is 0 Å². The Balaban J connectivity index is 2.24. The molecule has 38 heavy (non-hydrogen) atoms. The van der Waals surface area contributed by atoms with Crippen molar-refractivity contribution in [1.82, 2.24) is 9.88 Å². The largest absolute Gasteiger partial charge is 0.461 e. The van der Waals surface area contributed by atoms with Gasteiger partial charge in [0, 0.05) is 30.8 Å². The highest BCUT2D eigenvalue weighted by Gasteiger charge is 2.19. The van der Waals surface area contributed by atoms with E-state index in [-0.39, 0.29) is 12.1 Å². The van der Waals surface area contributed by atoms with Crippen LogP contribution >= 0.6 is 11.3 Å². The molecule has 7 nitrogen and oxygen atoms in total. The Morgan fingerprint density at radius 3 is 2.66 bits per heavy atom. The van der Waals surface area contributed by atoms with Gasteiger partial charge in [-0.3, -0.25) is 4.79 Å². The van der Waals surface area contributed by atoms with E-state index in [0.717, 1.165) is 41.2 Å². The molecule has 0 spiro atoms. The molecule has 2 N–H and O–H groups in total. The second-order valence-electron chi connectivity index (χ2n) is 10.2. The van der Waals surface area contributed by atoms with Crippen LogP contribution in [0.5, 0.6) is 0 Å². The van der Waals surface area contributed by atoms with E-state index in [1.165, 1.54) is 11.6 Å². The lowest BCUT2D eigenvalue weighted by Gasteiger charge is -2.17. The van der Waals surface area contributed by atoms with Crippen molar-refractivity contribution in [3.05, 3.63) is 75.3 Å². The van der Waals surface area contributed by atoms with Crippen molar-refractivity contribution in [1.29, 1.82) is 0 Å². The normalized spacial score (nSPS) is 25.7. The Morgan fingerprint density at radius 2 is 1.92 bits per heavy atom. The van der Waals surface area contributed by atoms with Gasteiger partial charge in [-0.05, 0) is 67.1 Å². The Hall–Kier alpha value is -2.81. The molecule has 2 heterocycles. The molecule has 1 aromatic heterocycles. The van der Waals surface area contributed by atoms with Gasteiger partial charge in [-0.25, -0.2) is 9.78 Å². The van der Waals surface area contributed by atoms with Gasteiger partial charge in [-0.1, -0.05) is 47.1 Å². The first-order chi connectivity index (χ1) is 18.0. The molecular formula is C30H43N3O4S. The molecule has 1 aliphatic rings. The molecular weight excluding hydrogens is 498 g/mol. The predicted molar refractivity (Wildman–Crippen MR) is 155 cm³/mol. The minimum atomic E-state index is -0.653. The number of nitrogens with two attached hydrogens (primary N) is 1. The Morgan fingerprint density at radius 1 is 1.18 bits per heavy atom. The van der Waals surface area contributed by atoms with Crippen LogP contribution in [-0.4, -0.2) is 60.7 Å². The summed E-state index contributed by atoms with van der Waals surface area (Å²) in [6, 6.07) is -0.653. The summed E-state index contributed by atoms with van der Waals surface area (Å²) < 4.78 is 11.3. The van der Waals surface area contributed by atoms with Gasteiger partial charge in [0.2, 0.25) is 0 Å². The number of likely N-dealkylation sites (N-methyl/N-ethyl adjacent to an activating group) is 1.